The maximum absolute atomic E-state index is 10.6. The quantitative estimate of drug-likeness (QED) is 0.547. The van der Waals surface area contributed by atoms with E-state index in [1.165, 1.54) is 0 Å². The maximum atomic E-state index is 10.6. The third-order valence-electron chi connectivity index (χ3n) is 2.15. The van der Waals surface area contributed by atoms with Crippen molar-refractivity contribution in [2.45, 2.75) is 40.0 Å². The van der Waals surface area contributed by atoms with Crippen molar-refractivity contribution in [3.8, 4) is 0 Å². The van der Waals surface area contributed by atoms with Crippen LogP contribution in [-0.4, -0.2) is 30.3 Å². The molecule has 0 aromatic rings. The number of ketones is 1. The number of rotatable bonds is 7. The van der Waals surface area contributed by atoms with Gasteiger partial charge in [0.15, 0.2) is 0 Å². The van der Waals surface area contributed by atoms with Gasteiger partial charge >= 0.3 is 0 Å². The fraction of sp³-hybridized carbons (Fsp3) is 0.900. The molecule has 0 bridgehead atoms. The van der Waals surface area contributed by atoms with E-state index in [1.807, 2.05) is 0 Å². The van der Waals surface area contributed by atoms with Gasteiger partial charge in [0.2, 0.25) is 0 Å². The van der Waals surface area contributed by atoms with Gasteiger partial charge in [-0.15, -0.1) is 0 Å². The average Bonchev–Trinajstić information content (AvgIpc) is 2.04. The average molecular weight is 171 g/mol. The normalized spacial score (nSPS) is 10.7. The smallest absolute Gasteiger partial charge is 0.129 e. The third kappa shape index (κ3) is 6.35. The molecule has 0 heterocycles. The summed E-state index contributed by atoms with van der Waals surface area (Å²) in [5.74, 6) is 0.314. The summed E-state index contributed by atoms with van der Waals surface area (Å²) in [6.45, 7) is 9.40. The van der Waals surface area contributed by atoms with Crippen LogP contribution in [0.25, 0.3) is 0 Å². The van der Waals surface area contributed by atoms with Crippen LogP contribution in [0.3, 0.4) is 0 Å². The van der Waals surface area contributed by atoms with Crippen molar-refractivity contribution in [3.63, 3.8) is 0 Å². The minimum Gasteiger partial charge on any atom is -0.304 e. The monoisotopic (exact) mass is 171 g/mol. The lowest BCUT2D eigenvalue weighted by atomic mass is 10.2. The summed E-state index contributed by atoms with van der Waals surface area (Å²) in [5, 5.41) is 0. The molecule has 0 N–H and O–H groups in total. The molecule has 0 spiro atoms. The Bertz CT molecular complexity index is 119. The van der Waals surface area contributed by atoms with Gasteiger partial charge in [-0.1, -0.05) is 13.8 Å². The van der Waals surface area contributed by atoms with E-state index in [2.05, 4.69) is 18.7 Å². The van der Waals surface area contributed by atoms with E-state index in [0.717, 1.165) is 38.9 Å². The van der Waals surface area contributed by atoms with Gasteiger partial charge in [-0.2, -0.15) is 0 Å². The molecule has 72 valence electrons. The zero-order chi connectivity index (χ0) is 9.40. The lowest BCUT2D eigenvalue weighted by Crippen LogP contribution is -2.23. The van der Waals surface area contributed by atoms with Crippen LogP contribution in [0, 0.1) is 0 Å². The summed E-state index contributed by atoms with van der Waals surface area (Å²) >= 11 is 0. The fourth-order valence-corrected chi connectivity index (χ4v) is 1.25. The van der Waals surface area contributed by atoms with Gasteiger partial charge in [-0.3, -0.25) is 0 Å². The Morgan fingerprint density at radius 2 is 1.75 bits per heavy atom. The molecule has 0 radical (unpaired) electrons. The van der Waals surface area contributed by atoms with Crippen LogP contribution in [0.2, 0.25) is 0 Å². The van der Waals surface area contributed by atoms with E-state index in [9.17, 15) is 4.79 Å². The van der Waals surface area contributed by atoms with Crippen molar-refractivity contribution >= 4 is 5.78 Å². The van der Waals surface area contributed by atoms with E-state index in [-0.39, 0.29) is 0 Å². The lowest BCUT2D eigenvalue weighted by molar-refractivity contribution is -0.117. The molecule has 0 atom stereocenters. The molecule has 0 aromatic heterocycles. The summed E-state index contributed by atoms with van der Waals surface area (Å²) in [6, 6.07) is 0. The SMILES string of the molecule is CCN(CC)CCCCC(C)=O. The third-order valence-corrected chi connectivity index (χ3v) is 2.15. The molecule has 0 unspecified atom stereocenters. The van der Waals surface area contributed by atoms with Crippen LogP contribution in [0.4, 0.5) is 0 Å². The highest BCUT2D eigenvalue weighted by atomic mass is 16.1. The molecule has 0 saturated heterocycles. The Morgan fingerprint density at radius 1 is 1.17 bits per heavy atom. The molecule has 0 aromatic carbocycles. The van der Waals surface area contributed by atoms with Crippen molar-refractivity contribution in [3.05, 3.63) is 0 Å². The van der Waals surface area contributed by atoms with Gasteiger partial charge in [0.25, 0.3) is 0 Å². The van der Waals surface area contributed by atoms with Gasteiger partial charge in [-0.25, -0.2) is 0 Å². The van der Waals surface area contributed by atoms with Crippen molar-refractivity contribution in [2.75, 3.05) is 19.6 Å². The van der Waals surface area contributed by atoms with Crippen LogP contribution in [0.5, 0.6) is 0 Å². The van der Waals surface area contributed by atoms with E-state index in [0.29, 0.717) is 5.78 Å². The summed E-state index contributed by atoms with van der Waals surface area (Å²) in [6.07, 6.45) is 2.95. The Morgan fingerprint density at radius 3 is 2.17 bits per heavy atom. The predicted octanol–water partition coefficient (Wildman–Crippen LogP) is 2.09. The molecule has 12 heavy (non-hydrogen) atoms. The zero-order valence-corrected chi connectivity index (χ0v) is 8.60. The van der Waals surface area contributed by atoms with Crippen molar-refractivity contribution < 1.29 is 4.79 Å². The summed E-state index contributed by atoms with van der Waals surface area (Å²) in [7, 11) is 0. The lowest BCUT2D eigenvalue weighted by Gasteiger charge is -2.17. The molecule has 0 aliphatic heterocycles. The van der Waals surface area contributed by atoms with Crippen molar-refractivity contribution in [1.82, 2.24) is 4.90 Å². The Hall–Kier alpha value is -0.370. The van der Waals surface area contributed by atoms with Gasteiger partial charge in [0.05, 0.1) is 0 Å². The van der Waals surface area contributed by atoms with Crippen LogP contribution >= 0.6 is 0 Å². The van der Waals surface area contributed by atoms with Crippen molar-refractivity contribution in [1.29, 1.82) is 0 Å². The van der Waals surface area contributed by atoms with Gasteiger partial charge in [0.1, 0.15) is 5.78 Å². The topological polar surface area (TPSA) is 20.3 Å². The molecule has 0 aliphatic carbocycles. The number of carbonyl (C=O) groups is 1. The molecule has 0 amide bonds. The molecule has 0 aliphatic rings. The number of hydrogen-bond acceptors (Lipinski definition) is 2. The molecule has 0 fully saturated rings. The largest absolute Gasteiger partial charge is 0.304 e. The molecule has 2 nitrogen and oxygen atoms in total. The highest BCUT2D eigenvalue weighted by Crippen LogP contribution is 1.98. The molecular formula is C10H21NO. The Balaban J connectivity index is 3.23. The second kappa shape index (κ2) is 7.29. The first-order valence-electron chi connectivity index (χ1n) is 4.92. The maximum Gasteiger partial charge on any atom is 0.129 e. The summed E-state index contributed by atoms with van der Waals surface area (Å²) < 4.78 is 0. The number of carbonyl (C=O) groups excluding carboxylic acids is 1. The van der Waals surface area contributed by atoms with Gasteiger partial charge < -0.3 is 9.69 Å². The second-order valence-corrected chi connectivity index (χ2v) is 3.19. The minimum atomic E-state index is 0.314. The number of nitrogens with zero attached hydrogens (tertiary/aromatic N) is 1. The fourth-order valence-electron chi connectivity index (χ4n) is 1.25. The first-order chi connectivity index (χ1) is 5.70. The Labute approximate surface area is 75.9 Å². The summed E-state index contributed by atoms with van der Waals surface area (Å²) in [4.78, 5) is 13.0. The van der Waals surface area contributed by atoms with Gasteiger partial charge in [-0.05, 0) is 39.4 Å². The van der Waals surface area contributed by atoms with E-state index >= 15 is 0 Å². The predicted molar refractivity (Wildman–Crippen MR) is 52.3 cm³/mol. The molecule has 0 saturated carbocycles. The standard InChI is InChI=1S/C10H21NO/c1-4-11(5-2)9-7-6-8-10(3)12/h4-9H2,1-3H3. The molecule has 0 rings (SSSR count). The van der Waals surface area contributed by atoms with Crippen LogP contribution in [0.1, 0.15) is 40.0 Å². The molecular weight excluding hydrogens is 150 g/mol. The van der Waals surface area contributed by atoms with E-state index in [4.69, 9.17) is 0 Å². The molecule has 2 heteroatoms. The highest BCUT2D eigenvalue weighted by Gasteiger charge is 1.98. The first kappa shape index (κ1) is 11.6. The second-order valence-electron chi connectivity index (χ2n) is 3.19. The van der Waals surface area contributed by atoms with E-state index in [1.54, 1.807) is 6.92 Å². The first-order valence-corrected chi connectivity index (χ1v) is 4.92. The van der Waals surface area contributed by atoms with Crippen LogP contribution in [0.15, 0.2) is 0 Å². The summed E-state index contributed by atoms with van der Waals surface area (Å²) in [5.41, 5.74) is 0. The Kier molecular flexibility index (Phi) is 7.06. The minimum absolute atomic E-state index is 0.314. The number of unbranched alkanes of at least 4 members (excludes halogenated alkanes) is 1. The van der Waals surface area contributed by atoms with E-state index < -0.39 is 0 Å². The zero-order valence-electron chi connectivity index (χ0n) is 8.60. The van der Waals surface area contributed by atoms with Crippen LogP contribution < -0.4 is 0 Å². The van der Waals surface area contributed by atoms with Crippen LogP contribution in [-0.2, 0) is 4.79 Å². The number of hydrogen-bond donors (Lipinski definition) is 0. The highest BCUT2D eigenvalue weighted by molar-refractivity contribution is 5.75. The van der Waals surface area contributed by atoms with Gasteiger partial charge in [0, 0.05) is 6.42 Å². The number of Topliss-reactive ketones (excluding diaryl/α,β-unsaturated/α-hetero) is 1. The van der Waals surface area contributed by atoms with Crippen molar-refractivity contribution in [2.24, 2.45) is 0 Å².